The van der Waals surface area contributed by atoms with Crippen LogP contribution < -0.4 is 0 Å². The summed E-state index contributed by atoms with van der Waals surface area (Å²) in [5.41, 5.74) is 0. The molecule has 1 rings (SSSR count). The maximum atomic E-state index is 13.0. The van der Waals surface area contributed by atoms with Crippen LogP contribution in [0.3, 0.4) is 0 Å². The minimum atomic E-state index is -2.58. The number of piperidine rings is 1. The second-order valence-electron chi connectivity index (χ2n) is 3.86. The van der Waals surface area contributed by atoms with Crippen LogP contribution in [0.2, 0.25) is 0 Å². The number of aliphatic carboxylic acids is 1. The Bertz CT molecular complexity index is 221. The molecular weight excluding hydrogens is 192 g/mol. The fraction of sp³-hybridized carbons (Fsp3) is 0.889. The summed E-state index contributed by atoms with van der Waals surface area (Å²) in [5.74, 6) is -4.14. The van der Waals surface area contributed by atoms with Crippen LogP contribution in [0.25, 0.3) is 0 Å². The molecule has 1 N–H and O–H groups in total. The van der Waals surface area contributed by atoms with Crippen molar-refractivity contribution in [3.63, 3.8) is 0 Å². The van der Waals surface area contributed by atoms with Crippen molar-refractivity contribution in [3.05, 3.63) is 0 Å². The lowest BCUT2D eigenvalue weighted by Crippen LogP contribution is -2.46. The van der Waals surface area contributed by atoms with Crippen molar-refractivity contribution in [2.24, 2.45) is 5.92 Å². The van der Waals surface area contributed by atoms with Gasteiger partial charge in [-0.15, -0.1) is 0 Å². The molecule has 1 fully saturated rings. The summed E-state index contributed by atoms with van der Waals surface area (Å²) >= 11 is 0. The molecule has 0 aromatic rings. The first-order valence-corrected chi connectivity index (χ1v) is 4.74. The predicted molar refractivity (Wildman–Crippen MR) is 47.4 cm³/mol. The van der Waals surface area contributed by atoms with Gasteiger partial charge >= 0.3 is 5.97 Å². The van der Waals surface area contributed by atoms with Gasteiger partial charge in [-0.1, -0.05) is 6.92 Å². The maximum Gasteiger partial charge on any atom is 0.304 e. The zero-order chi connectivity index (χ0) is 10.8. The van der Waals surface area contributed by atoms with Gasteiger partial charge in [-0.2, -0.15) is 0 Å². The number of rotatable bonds is 3. The smallest absolute Gasteiger partial charge is 0.304 e. The largest absolute Gasteiger partial charge is 0.481 e. The van der Waals surface area contributed by atoms with Crippen molar-refractivity contribution in [1.29, 1.82) is 0 Å². The van der Waals surface area contributed by atoms with E-state index in [0.29, 0.717) is 19.6 Å². The van der Waals surface area contributed by atoms with Crippen LogP contribution in [0.4, 0.5) is 8.78 Å². The van der Waals surface area contributed by atoms with Gasteiger partial charge in [0.05, 0.1) is 6.42 Å². The van der Waals surface area contributed by atoms with Gasteiger partial charge in [0.15, 0.2) is 0 Å². The number of hydrogen-bond donors (Lipinski definition) is 1. The SMILES string of the molecule is CC1CN(CCC(=O)O)CCC1(F)F. The van der Waals surface area contributed by atoms with E-state index in [1.807, 2.05) is 0 Å². The summed E-state index contributed by atoms with van der Waals surface area (Å²) < 4.78 is 26.1. The molecule has 1 aliphatic rings. The third-order valence-electron chi connectivity index (χ3n) is 2.66. The van der Waals surface area contributed by atoms with E-state index in [-0.39, 0.29) is 12.8 Å². The molecule has 5 heteroatoms. The lowest BCUT2D eigenvalue weighted by Gasteiger charge is -2.36. The fourth-order valence-corrected chi connectivity index (χ4v) is 1.62. The van der Waals surface area contributed by atoms with Crippen LogP contribution in [-0.4, -0.2) is 41.5 Å². The van der Waals surface area contributed by atoms with E-state index in [2.05, 4.69) is 0 Å². The standard InChI is InChI=1S/C9H15F2NO2/c1-7-6-12(4-2-8(13)14)5-3-9(7,10)11/h7H,2-6H2,1H3,(H,13,14). The zero-order valence-electron chi connectivity index (χ0n) is 8.17. The molecule has 0 spiro atoms. The van der Waals surface area contributed by atoms with Crippen LogP contribution in [0.5, 0.6) is 0 Å². The van der Waals surface area contributed by atoms with E-state index in [0.717, 1.165) is 0 Å². The summed E-state index contributed by atoms with van der Waals surface area (Å²) in [5, 5.41) is 8.44. The summed E-state index contributed by atoms with van der Waals surface area (Å²) in [7, 11) is 0. The Kier molecular flexibility index (Phi) is 3.42. The van der Waals surface area contributed by atoms with Crippen LogP contribution in [0.1, 0.15) is 19.8 Å². The van der Waals surface area contributed by atoms with Crippen molar-refractivity contribution in [3.8, 4) is 0 Å². The first-order valence-electron chi connectivity index (χ1n) is 4.74. The topological polar surface area (TPSA) is 40.5 Å². The highest BCUT2D eigenvalue weighted by Crippen LogP contribution is 2.32. The molecule has 0 saturated carbocycles. The van der Waals surface area contributed by atoms with Crippen molar-refractivity contribution in [1.82, 2.24) is 4.90 Å². The summed E-state index contributed by atoms with van der Waals surface area (Å²) in [4.78, 5) is 12.1. The molecule has 0 aromatic carbocycles. The Morgan fingerprint density at radius 1 is 1.64 bits per heavy atom. The normalized spacial score (nSPS) is 27.5. The molecule has 1 aliphatic heterocycles. The lowest BCUT2D eigenvalue weighted by molar-refractivity contribution is -0.138. The molecular formula is C9H15F2NO2. The molecule has 82 valence electrons. The lowest BCUT2D eigenvalue weighted by atomic mass is 9.95. The molecule has 1 saturated heterocycles. The van der Waals surface area contributed by atoms with Crippen molar-refractivity contribution in [2.75, 3.05) is 19.6 Å². The van der Waals surface area contributed by atoms with Crippen LogP contribution >= 0.6 is 0 Å². The Morgan fingerprint density at radius 2 is 2.29 bits per heavy atom. The van der Waals surface area contributed by atoms with E-state index in [4.69, 9.17) is 5.11 Å². The molecule has 1 heterocycles. The van der Waals surface area contributed by atoms with Gasteiger partial charge < -0.3 is 10.0 Å². The Morgan fingerprint density at radius 3 is 2.79 bits per heavy atom. The van der Waals surface area contributed by atoms with Gasteiger partial charge in [0, 0.05) is 32.0 Å². The fourth-order valence-electron chi connectivity index (χ4n) is 1.62. The van der Waals surface area contributed by atoms with Gasteiger partial charge in [-0.3, -0.25) is 4.79 Å². The molecule has 3 nitrogen and oxygen atoms in total. The maximum absolute atomic E-state index is 13.0. The van der Waals surface area contributed by atoms with Crippen LogP contribution in [-0.2, 0) is 4.79 Å². The van der Waals surface area contributed by atoms with Gasteiger partial charge in [-0.25, -0.2) is 8.78 Å². The third-order valence-corrected chi connectivity index (χ3v) is 2.66. The van der Waals surface area contributed by atoms with E-state index in [1.54, 1.807) is 4.90 Å². The van der Waals surface area contributed by atoms with Gasteiger partial charge in [-0.05, 0) is 0 Å². The number of carboxylic acids is 1. The average Bonchev–Trinajstić information content (AvgIpc) is 2.07. The monoisotopic (exact) mass is 207 g/mol. The number of hydrogen-bond acceptors (Lipinski definition) is 2. The highest BCUT2D eigenvalue weighted by atomic mass is 19.3. The number of likely N-dealkylation sites (tertiary alicyclic amines) is 1. The van der Waals surface area contributed by atoms with Gasteiger partial charge in [0.2, 0.25) is 0 Å². The molecule has 0 amide bonds. The number of carbonyl (C=O) groups is 1. The number of alkyl halides is 2. The molecule has 0 aliphatic carbocycles. The summed E-state index contributed by atoms with van der Waals surface area (Å²) in [6.45, 7) is 2.47. The molecule has 0 aromatic heterocycles. The number of carboxylic acid groups (broad SMARTS) is 1. The van der Waals surface area contributed by atoms with E-state index < -0.39 is 17.8 Å². The first-order chi connectivity index (χ1) is 6.42. The minimum absolute atomic E-state index is 0.0261. The summed E-state index contributed by atoms with van der Waals surface area (Å²) in [6.07, 6.45) is -0.133. The van der Waals surface area contributed by atoms with Crippen LogP contribution in [0, 0.1) is 5.92 Å². The highest BCUT2D eigenvalue weighted by Gasteiger charge is 2.40. The quantitative estimate of drug-likeness (QED) is 0.761. The zero-order valence-corrected chi connectivity index (χ0v) is 8.17. The highest BCUT2D eigenvalue weighted by molar-refractivity contribution is 5.66. The van der Waals surface area contributed by atoms with E-state index in [9.17, 15) is 13.6 Å². The molecule has 0 bridgehead atoms. The van der Waals surface area contributed by atoms with Gasteiger partial charge in [0.25, 0.3) is 5.92 Å². The second-order valence-corrected chi connectivity index (χ2v) is 3.86. The number of nitrogens with zero attached hydrogens (tertiary/aromatic N) is 1. The second kappa shape index (κ2) is 4.21. The van der Waals surface area contributed by atoms with E-state index in [1.165, 1.54) is 6.92 Å². The number of halogens is 2. The van der Waals surface area contributed by atoms with Crippen molar-refractivity contribution < 1.29 is 18.7 Å². The Hall–Kier alpha value is -0.710. The Labute approximate surface area is 81.7 Å². The Balaban J connectivity index is 2.35. The molecule has 0 radical (unpaired) electrons. The minimum Gasteiger partial charge on any atom is -0.481 e. The van der Waals surface area contributed by atoms with Crippen molar-refractivity contribution in [2.45, 2.75) is 25.7 Å². The molecule has 1 atom stereocenters. The van der Waals surface area contributed by atoms with Crippen LogP contribution in [0.15, 0.2) is 0 Å². The first kappa shape index (κ1) is 11.4. The van der Waals surface area contributed by atoms with Gasteiger partial charge in [0.1, 0.15) is 0 Å². The molecule has 1 unspecified atom stereocenters. The van der Waals surface area contributed by atoms with Crippen molar-refractivity contribution >= 4 is 5.97 Å². The predicted octanol–water partition coefficient (Wildman–Crippen LogP) is 1.44. The average molecular weight is 207 g/mol. The molecule has 14 heavy (non-hydrogen) atoms. The van der Waals surface area contributed by atoms with E-state index >= 15 is 0 Å². The third kappa shape index (κ3) is 2.90. The summed E-state index contributed by atoms with van der Waals surface area (Å²) in [6, 6.07) is 0.